The maximum Gasteiger partial charge on any atom is 0.377 e. The Bertz CT molecular complexity index is 342. The highest BCUT2D eigenvalue weighted by atomic mass is 79.9. The molecule has 1 rings (SSSR count). The molecule has 0 N–H and O–H groups in total. The lowest BCUT2D eigenvalue weighted by Gasteiger charge is -2.42. The minimum absolute atomic E-state index is 0.403. The van der Waals surface area contributed by atoms with E-state index < -0.39 is 33.4 Å². The van der Waals surface area contributed by atoms with E-state index in [1.165, 1.54) is 6.92 Å². The van der Waals surface area contributed by atoms with Crippen molar-refractivity contribution in [2.75, 3.05) is 0 Å². The zero-order valence-electron chi connectivity index (χ0n) is 9.09. The molecule has 0 amide bonds. The second-order valence-corrected chi connectivity index (χ2v) is 5.68. The van der Waals surface area contributed by atoms with Gasteiger partial charge in [0.25, 0.3) is 5.78 Å². The minimum atomic E-state index is -1.26. The summed E-state index contributed by atoms with van der Waals surface area (Å²) in [6.07, 6.45) is 0. The number of carbonyl (C=O) groups is 3. The summed E-state index contributed by atoms with van der Waals surface area (Å²) in [4.78, 5) is 33.3. The summed E-state index contributed by atoms with van der Waals surface area (Å²) in [6, 6.07) is 0. The van der Waals surface area contributed by atoms with Crippen LogP contribution in [-0.2, 0) is 19.1 Å². The van der Waals surface area contributed by atoms with Crippen LogP contribution in [0, 0.1) is 5.41 Å². The van der Waals surface area contributed by atoms with Crippen LogP contribution in [0.5, 0.6) is 0 Å². The second kappa shape index (κ2) is 3.40. The molecule has 2 atom stereocenters. The molecule has 0 aromatic rings. The number of alkyl halides is 1. The molecular weight excluding hydrogens is 264 g/mol. The van der Waals surface area contributed by atoms with E-state index in [0.717, 1.165) is 0 Å². The van der Waals surface area contributed by atoms with Crippen LogP contribution in [-0.4, -0.2) is 28.0 Å². The standard InChI is InChI=1S/C10H13BrO4/c1-9(2,3)10(4)7(13)5(11)6(12)8(14)15-10/h5H,1-4H3. The van der Waals surface area contributed by atoms with Crippen LogP contribution < -0.4 is 0 Å². The minimum Gasteiger partial charge on any atom is -0.445 e. The quantitative estimate of drug-likeness (QED) is 0.289. The molecule has 0 radical (unpaired) electrons. The fraction of sp³-hybridized carbons (Fsp3) is 0.700. The van der Waals surface area contributed by atoms with Gasteiger partial charge in [-0.3, -0.25) is 9.59 Å². The molecule has 1 saturated heterocycles. The number of cyclic esters (lactones) is 1. The van der Waals surface area contributed by atoms with Crippen molar-refractivity contribution >= 4 is 33.5 Å². The van der Waals surface area contributed by atoms with Gasteiger partial charge in [0.2, 0.25) is 0 Å². The first-order valence-electron chi connectivity index (χ1n) is 4.57. The van der Waals surface area contributed by atoms with Crippen LogP contribution >= 0.6 is 15.9 Å². The maximum atomic E-state index is 11.9. The smallest absolute Gasteiger partial charge is 0.377 e. The van der Waals surface area contributed by atoms with Crippen LogP contribution in [0.3, 0.4) is 0 Å². The number of halogens is 1. The first-order chi connectivity index (χ1) is 6.61. The average molecular weight is 277 g/mol. The topological polar surface area (TPSA) is 60.4 Å². The molecule has 1 heterocycles. The molecule has 1 fully saturated rings. The maximum absolute atomic E-state index is 11.9. The Labute approximate surface area is 96.5 Å². The Morgan fingerprint density at radius 2 is 1.73 bits per heavy atom. The normalized spacial score (nSPS) is 32.9. The van der Waals surface area contributed by atoms with Crippen molar-refractivity contribution in [2.24, 2.45) is 5.41 Å². The first-order valence-corrected chi connectivity index (χ1v) is 5.48. The zero-order valence-corrected chi connectivity index (χ0v) is 10.7. The lowest BCUT2D eigenvalue weighted by Crippen LogP contribution is -2.60. The summed E-state index contributed by atoms with van der Waals surface area (Å²) >= 11 is 2.93. The van der Waals surface area contributed by atoms with E-state index in [4.69, 9.17) is 4.74 Å². The summed E-state index contributed by atoms with van der Waals surface area (Å²) in [6.45, 7) is 6.89. The Morgan fingerprint density at radius 1 is 1.27 bits per heavy atom. The Balaban J connectivity index is 3.19. The highest BCUT2D eigenvalue weighted by Crippen LogP contribution is 2.39. The average Bonchev–Trinajstić information content (AvgIpc) is 2.10. The molecule has 0 spiro atoms. The monoisotopic (exact) mass is 276 g/mol. The van der Waals surface area contributed by atoms with Crippen molar-refractivity contribution in [2.45, 2.75) is 38.1 Å². The largest absolute Gasteiger partial charge is 0.445 e. The van der Waals surface area contributed by atoms with Gasteiger partial charge in [0.1, 0.15) is 4.83 Å². The van der Waals surface area contributed by atoms with Crippen molar-refractivity contribution < 1.29 is 19.1 Å². The Kier molecular flexibility index (Phi) is 2.80. The number of esters is 1. The lowest BCUT2D eigenvalue weighted by molar-refractivity contribution is -0.186. The summed E-state index contributed by atoms with van der Waals surface area (Å²) in [7, 11) is 0. The molecule has 5 heteroatoms. The summed E-state index contributed by atoms with van der Waals surface area (Å²) in [5.74, 6) is -2.18. The Morgan fingerprint density at radius 3 is 2.13 bits per heavy atom. The van der Waals surface area contributed by atoms with Crippen LogP contribution in [0.1, 0.15) is 27.7 Å². The zero-order chi connectivity index (χ0) is 12.0. The molecule has 0 bridgehead atoms. The van der Waals surface area contributed by atoms with Crippen molar-refractivity contribution in [3.63, 3.8) is 0 Å². The molecule has 1 aliphatic rings. The SMILES string of the molecule is CC(C)(C)C1(C)OC(=O)C(=O)C(Br)C1=O. The van der Waals surface area contributed by atoms with Gasteiger partial charge in [-0.15, -0.1) is 0 Å². The molecule has 4 nitrogen and oxygen atoms in total. The van der Waals surface area contributed by atoms with E-state index in [1.807, 2.05) is 0 Å². The number of ether oxygens (including phenoxy) is 1. The van der Waals surface area contributed by atoms with Gasteiger partial charge in [0, 0.05) is 5.41 Å². The third-order valence-corrected chi connectivity index (χ3v) is 3.69. The van der Waals surface area contributed by atoms with Crippen LogP contribution in [0.2, 0.25) is 0 Å². The highest BCUT2D eigenvalue weighted by molar-refractivity contribution is 9.10. The van der Waals surface area contributed by atoms with Crippen LogP contribution in [0.25, 0.3) is 0 Å². The van der Waals surface area contributed by atoms with Gasteiger partial charge >= 0.3 is 5.97 Å². The highest BCUT2D eigenvalue weighted by Gasteiger charge is 2.56. The van der Waals surface area contributed by atoms with Gasteiger partial charge in [-0.2, -0.15) is 0 Å². The van der Waals surface area contributed by atoms with E-state index in [-0.39, 0.29) is 0 Å². The lowest BCUT2D eigenvalue weighted by atomic mass is 9.72. The number of hydrogen-bond donors (Lipinski definition) is 0. The van der Waals surface area contributed by atoms with Gasteiger partial charge in [-0.1, -0.05) is 36.7 Å². The molecule has 84 valence electrons. The van der Waals surface area contributed by atoms with Gasteiger partial charge in [0.15, 0.2) is 11.4 Å². The number of rotatable bonds is 0. The fourth-order valence-corrected chi connectivity index (χ4v) is 1.90. The number of ketones is 2. The van der Waals surface area contributed by atoms with Gasteiger partial charge < -0.3 is 4.74 Å². The molecule has 15 heavy (non-hydrogen) atoms. The molecule has 0 aliphatic carbocycles. The molecule has 1 aliphatic heterocycles. The molecule has 0 aromatic heterocycles. The molecule has 2 unspecified atom stereocenters. The van der Waals surface area contributed by atoms with Gasteiger partial charge in [-0.25, -0.2) is 4.79 Å². The Hall–Kier alpha value is -0.710. The summed E-state index contributed by atoms with van der Waals surface area (Å²) in [5.41, 5.74) is -1.81. The van der Waals surface area contributed by atoms with Gasteiger partial charge in [-0.05, 0) is 6.92 Å². The van der Waals surface area contributed by atoms with Gasteiger partial charge in [0.05, 0.1) is 0 Å². The molecular formula is C10H13BrO4. The number of carbonyl (C=O) groups excluding carboxylic acids is 3. The second-order valence-electron chi connectivity index (χ2n) is 4.76. The van der Waals surface area contributed by atoms with E-state index in [2.05, 4.69) is 15.9 Å². The van der Waals surface area contributed by atoms with E-state index in [9.17, 15) is 14.4 Å². The van der Waals surface area contributed by atoms with E-state index >= 15 is 0 Å². The molecule has 0 aromatic carbocycles. The van der Waals surface area contributed by atoms with E-state index in [1.54, 1.807) is 20.8 Å². The fourth-order valence-electron chi connectivity index (χ4n) is 1.27. The van der Waals surface area contributed by atoms with Crippen molar-refractivity contribution in [3.05, 3.63) is 0 Å². The first kappa shape index (κ1) is 12.4. The third-order valence-electron chi connectivity index (χ3n) is 2.86. The molecule has 0 saturated carbocycles. The predicted molar refractivity (Wildman–Crippen MR) is 56.7 cm³/mol. The summed E-state index contributed by atoms with van der Waals surface area (Å²) in [5, 5.41) is 0. The third kappa shape index (κ3) is 1.73. The van der Waals surface area contributed by atoms with E-state index in [0.29, 0.717) is 0 Å². The van der Waals surface area contributed by atoms with Crippen LogP contribution in [0.4, 0.5) is 0 Å². The van der Waals surface area contributed by atoms with Crippen molar-refractivity contribution in [3.8, 4) is 0 Å². The van der Waals surface area contributed by atoms with Crippen LogP contribution in [0.15, 0.2) is 0 Å². The summed E-state index contributed by atoms with van der Waals surface area (Å²) < 4.78 is 4.97. The number of hydrogen-bond acceptors (Lipinski definition) is 4. The number of Topliss-reactive ketones (excluding diaryl/α,β-unsaturated/α-hetero) is 2. The van der Waals surface area contributed by atoms with Crippen molar-refractivity contribution in [1.29, 1.82) is 0 Å². The van der Waals surface area contributed by atoms with Crippen molar-refractivity contribution in [1.82, 2.24) is 0 Å². The predicted octanol–water partition coefficient (Wildman–Crippen LogP) is 1.25.